The van der Waals surface area contributed by atoms with Crippen molar-refractivity contribution in [3.8, 4) is 0 Å². The van der Waals surface area contributed by atoms with Gasteiger partial charge in [0.1, 0.15) is 5.60 Å². The molecule has 0 atom stereocenters. The molecule has 0 bridgehead atoms. The van der Waals surface area contributed by atoms with Gasteiger partial charge in [0.05, 0.1) is 7.11 Å². The van der Waals surface area contributed by atoms with Gasteiger partial charge in [0.25, 0.3) is 0 Å². The molecule has 0 radical (unpaired) electrons. The fraction of sp³-hybridized carbons (Fsp3) is 0.667. The number of hydrogen-bond donors (Lipinski definition) is 0. The second-order valence-corrected chi connectivity index (χ2v) is 4.54. The van der Waals surface area contributed by atoms with Crippen molar-refractivity contribution in [3.05, 3.63) is 12.2 Å². The predicted octanol–water partition coefficient (Wildman–Crippen LogP) is 2.23. The summed E-state index contributed by atoms with van der Waals surface area (Å²) in [6.07, 6.45) is 1.28. The lowest BCUT2D eigenvalue weighted by atomic mass is 10.1. The SMILES string of the molecule is C=C(CCCC(=O)OC)C(=O)OC(C)(C)C. The average Bonchev–Trinajstić information content (AvgIpc) is 2.14. The normalized spacial score (nSPS) is 10.8. The Morgan fingerprint density at radius 3 is 2.19 bits per heavy atom. The Labute approximate surface area is 96.6 Å². The zero-order chi connectivity index (χ0) is 12.8. The third-order valence-corrected chi connectivity index (χ3v) is 1.77. The van der Waals surface area contributed by atoms with Crippen LogP contribution in [0.15, 0.2) is 12.2 Å². The zero-order valence-electron chi connectivity index (χ0n) is 10.5. The second kappa shape index (κ2) is 6.30. The van der Waals surface area contributed by atoms with E-state index in [1.807, 2.05) is 0 Å². The molecular weight excluding hydrogens is 208 g/mol. The molecule has 0 unspecified atom stereocenters. The largest absolute Gasteiger partial charge is 0.469 e. The number of hydrogen-bond acceptors (Lipinski definition) is 4. The molecule has 0 saturated carbocycles. The van der Waals surface area contributed by atoms with Gasteiger partial charge in [-0.2, -0.15) is 0 Å². The summed E-state index contributed by atoms with van der Waals surface area (Å²) in [4.78, 5) is 22.3. The van der Waals surface area contributed by atoms with Crippen molar-refractivity contribution in [1.29, 1.82) is 0 Å². The molecule has 0 saturated heterocycles. The standard InChI is InChI=1S/C12H20O4/c1-9(7-6-8-10(13)15-5)11(14)16-12(2,3)4/h1,6-8H2,2-5H3. The van der Waals surface area contributed by atoms with Gasteiger partial charge in [0.2, 0.25) is 0 Å². The van der Waals surface area contributed by atoms with E-state index < -0.39 is 11.6 Å². The minimum Gasteiger partial charge on any atom is -0.469 e. The number of esters is 2. The fourth-order valence-corrected chi connectivity index (χ4v) is 1.00. The van der Waals surface area contributed by atoms with Crippen LogP contribution in [-0.2, 0) is 19.1 Å². The zero-order valence-corrected chi connectivity index (χ0v) is 10.5. The number of methoxy groups -OCH3 is 1. The minimum absolute atomic E-state index is 0.281. The van der Waals surface area contributed by atoms with E-state index >= 15 is 0 Å². The molecule has 4 heteroatoms. The fourth-order valence-electron chi connectivity index (χ4n) is 1.00. The monoisotopic (exact) mass is 228 g/mol. The highest BCUT2D eigenvalue weighted by atomic mass is 16.6. The molecule has 0 fully saturated rings. The van der Waals surface area contributed by atoms with Crippen molar-refractivity contribution < 1.29 is 19.1 Å². The number of carbonyl (C=O) groups is 2. The molecule has 16 heavy (non-hydrogen) atoms. The van der Waals surface area contributed by atoms with Crippen LogP contribution in [0.3, 0.4) is 0 Å². The summed E-state index contributed by atoms with van der Waals surface area (Å²) in [5.74, 6) is -0.686. The topological polar surface area (TPSA) is 52.6 Å². The molecule has 0 spiro atoms. The first kappa shape index (κ1) is 14.7. The van der Waals surface area contributed by atoms with Gasteiger partial charge in [-0.1, -0.05) is 6.58 Å². The third-order valence-electron chi connectivity index (χ3n) is 1.77. The van der Waals surface area contributed by atoms with E-state index in [4.69, 9.17) is 4.74 Å². The van der Waals surface area contributed by atoms with Crippen LogP contribution in [0.5, 0.6) is 0 Å². The first-order chi connectivity index (χ1) is 7.26. The number of ether oxygens (including phenoxy) is 2. The Kier molecular flexibility index (Phi) is 5.78. The van der Waals surface area contributed by atoms with Crippen molar-refractivity contribution in [2.75, 3.05) is 7.11 Å². The molecule has 0 aliphatic carbocycles. The van der Waals surface area contributed by atoms with Crippen LogP contribution in [0, 0.1) is 0 Å². The maximum Gasteiger partial charge on any atom is 0.333 e. The van der Waals surface area contributed by atoms with E-state index in [9.17, 15) is 9.59 Å². The summed E-state index contributed by atoms with van der Waals surface area (Å²) >= 11 is 0. The quantitative estimate of drug-likeness (QED) is 0.535. The van der Waals surface area contributed by atoms with Gasteiger partial charge in [-0.15, -0.1) is 0 Å². The summed E-state index contributed by atoms with van der Waals surface area (Å²) in [6.45, 7) is 9.03. The van der Waals surface area contributed by atoms with Crippen molar-refractivity contribution in [2.24, 2.45) is 0 Å². The van der Waals surface area contributed by atoms with Gasteiger partial charge < -0.3 is 9.47 Å². The highest BCUT2D eigenvalue weighted by Crippen LogP contribution is 2.13. The summed E-state index contributed by atoms with van der Waals surface area (Å²) in [5, 5.41) is 0. The van der Waals surface area contributed by atoms with E-state index in [2.05, 4.69) is 11.3 Å². The highest BCUT2D eigenvalue weighted by Gasteiger charge is 2.18. The van der Waals surface area contributed by atoms with Crippen molar-refractivity contribution >= 4 is 11.9 Å². The smallest absolute Gasteiger partial charge is 0.333 e. The molecule has 0 aromatic heterocycles. The van der Waals surface area contributed by atoms with Gasteiger partial charge >= 0.3 is 11.9 Å². The summed E-state index contributed by atoms with van der Waals surface area (Å²) in [5.41, 5.74) is -0.124. The van der Waals surface area contributed by atoms with Crippen LogP contribution in [0.4, 0.5) is 0 Å². The lowest BCUT2D eigenvalue weighted by Crippen LogP contribution is -2.24. The van der Waals surface area contributed by atoms with Gasteiger partial charge in [-0.3, -0.25) is 4.79 Å². The average molecular weight is 228 g/mol. The van der Waals surface area contributed by atoms with E-state index in [1.165, 1.54) is 7.11 Å². The van der Waals surface area contributed by atoms with Crippen LogP contribution in [0.25, 0.3) is 0 Å². The molecule has 0 amide bonds. The maximum absolute atomic E-state index is 11.5. The Morgan fingerprint density at radius 2 is 1.75 bits per heavy atom. The Balaban J connectivity index is 3.90. The highest BCUT2D eigenvalue weighted by molar-refractivity contribution is 5.88. The molecule has 0 aromatic rings. The lowest BCUT2D eigenvalue weighted by Gasteiger charge is -2.20. The first-order valence-electron chi connectivity index (χ1n) is 5.24. The van der Waals surface area contributed by atoms with E-state index in [1.54, 1.807) is 20.8 Å². The van der Waals surface area contributed by atoms with E-state index in [0.717, 1.165) is 0 Å². The van der Waals surface area contributed by atoms with Crippen molar-refractivity contribution in [1.82, 2.24) is 0 Å². The van der Waals surface area contributed by atoms with Gasteiger partial charge in [-0.05, 0) is 33.6 Å². The van der Waals surface area contributed by atoms with Gasteiger partial charge in [-0.25, -0.2) is 4.79 Å². The van der Waals surface area contributed by atoms with Crippen molar-refractivity contribution in [3.63, 3.8) is 0 Å². The molecule has 0 aliphatic heterocycles. The second-order valence-electron chi connectivity index (χ2n) is 4.54. The van der Waals surface area contributed by atoms with Crippen LogP contribution in [0.2, 0.25) is 0 Å². The molecule has 92 valence electrons. The molecule has 0 aliphatic rings. The van der Waals surface area contributed by atoms with Gasteiger partial charge in [0.15, 0.2) is 0 Å². The Bertz CT molecular complexity index is 273. The van der Waals surface area contributed by atoms with Crippen LogP contribution in [0.1, 0.15) is 40.0 Å². The molecule has 0 rings (SSSR count). The van der Waals surface area contributed by atoms with Crippen LogP contribution in [-0.4, -0.2) is 24.6 Å². The van der Waals surface area contributed by atoms with Gasteiger partial charge in [0, 0.05) is 12.0 Å². The summed E-state index contributed by atoms with van der Waals surface area (Å²) < 4.78 is 9.62. The number of rotatable bonds is 5. The molecule has 4 nitrogen and oxygen atoms in total. The minimum atomic E-state index is -0.512. The van der Waals surface area contributed by atoms with E-state index in [0.29, 0.717) is 18.4 Å². The Hall–Kier alpha value is -1.32. The Morgan fingerprint density at radius 1 is 1.19 bits per heavy atom. The molecule has 0 aromatic carbocycles. The van der Waals surface area contributed by atoms with Crippen LogP contribution < -0.4 is 0 Å². The molecule has 0 heterocycles. The summed E-state index contributed by atoms with van der Waals surface area (Å²) in [7, 11) is 1.34. The lowest BCUT2D eigenvalue weighted by molar-refractivity contribution is -0.150. The molecule has 0 N–H and O–H groups in total. The van der Waals surface area contributed by atoms with Crippen LogP contribution >= 0.6 is 0 Å². The van der Waals surface area contributed by atoms with Crippen molar-refractivity contribution in [2.45, 2.75) is 45.6 Å². The predicted molar refractivity (Wildman–Crippen MR) is 60.9 cm³/mol. The molecular formula is C12H20O4. The first-order valence-corrected chi connectivity index (χ1v) is 5.24. The third kappa shape index (κ3) is 7.04. The number of carbonyl (C=O) groups excluding carboxylic acids is 2. The van der Waals surface area contributed by atoms with E-state index in [-0.39, 0.29) is 12.4 Å². The summed E-state index contributed by atoms with van der Waals surface area (Å²) in [6, 6.07) is 0. The maximum atomic E-state index is 11.5.